The van der Waals surface area contributed by atoms with Crippen LogP contribution in [-0.2, 0) is 24.9 Å². The van der Waals surface area contributed by atoms with Crippen LogP contribution in [0.25, 0.3) is 44.1 Å². The number of aromatic nitrogens is 2. The summed E-state index contributed by atoms with van der Waals surface area (Å²) in [5.74, 6) is -0.629. The van der Waals surface area contributed by atoms with Crippen molar-refractivity contribution in [3.8, 4) is 22.5 Å². The van der Waals surface area contributed by atoms with Gasteiger partial charge in [-0.2, -0.15) is 0 Å². The number of allylic oxidation sites excluding steroid dienone is 2. The van der Waals surface area contributed by atoms with E-state index >= 15 is 0 Å². The van der Waals surface area contributed by atoms with Crippen molar-refractivity contribution in [3.63, 3.8) is 0 Å². The Morgan fingerprint density at radius 3 is 1.45 bits per heavy atom. The molecule has 2 heterocycles. The second-order valence-corrected chi connectivity index (χ2v) is 9.00. The van der Waals surface area contributed by atoms with Gasteiger partial charge in [0.2, 0.25) is 0 Å². The fourth-order valence-electron chi connectivity index (χ4n) is 4.07. The second-order valence-electron chi connectivity index (χ2n) is 9.00. The first-order chi connectivity index (χ1) is 19.8. The summed E-state index contributed by atoms with van der Waals surface area (Å²) in [5, 5.41) is 12.7. The maximum Gasteiger partial charge on any atom is 0.155 e. The van der Waals surface area contributed by atoms with Gasteiger partial charge < -0.3 is 15.1 Å². The molecule has 1 N–H and O–H groups in total. The number of rotatable bonds is 3. The largest absolute Gasteiger partial charge is 0.512 e. The van der Waals surface area contributed by atoms with Crippen LogP contribution in [0.2, 0.25) is 0 Å². The normalized spacial score (nSPS) is 10.5. The number of carbonyl (C=O) groups excluding carboxylic acids is 1. The van der Waals surface area contributed by atoms with E-state index in [0.717, 1.165) is 44.1 Å². The van der Waals surface area contributed by atoms with Crippen molar-refractivity contribution in [2.24, 2.45) is 0 Å². The Hall–Kier alpha value is -4.58. The fourth-order valence-corrected chi connectivity index (χ4v) is 4.07. The van der Waals surface area contributed by atoms with Crippen LogP contribution < -0.4 is 0 Å². The van der Waals surface area contributed by atoms with E-state index in [9.17, 15) is 13.6 Å². The van der Waals surface area contributed by atoms with Crippen LogP contribution in [0, 0.1) is 23.8 Å². The van der Waals surface area contributed by atoms with E-state index in [1.807, 2.05) is 60.7 Å². The zero-order valence-electron chi connectivity index (χ0n) is 22.8. The zero-order valence-corrected chi connectivity index (χ0v) is 25.2. The molecule has 0 amide bonds. The third-order valence-corrected chi connectivity index (χ3v) is 5.82. The van der Waals surface area contributed by atoms with Crippen LogP contribution in [0.15, 0.2) is 121 Å². The maximum atomic E-state index is 12.9. The average Bonchev–Trinajstić information content (AvgIpc) is 2.97. The molecule has 0 fully saturated rings. The summed E-state index contributed by atoms with van der Waals surface area (Å²) in [5.41, 5.74) is 3.29. The van der Waals surface area contributed by atoms with Crippen molar-refractivity contribution in [3.05, 3.63) is 145 Å². The molecule has 0 aliphatic rings. The molecule has 0 unspecified atom stereocenters. The van der Waals surface area contributed by atoms with Gasteiger partial charge in [0.15, 0.2) is 5.78 Å². The minimum Gasteiger partial charge on any atom is -0.512 e. The zero-order chi connectivity index (χ0) is 29.2. The van der Waals surface area contributed by atoms with Crippen molar-refractivity contribution in [1.29, 1.82) is 0 Å². The van der Waals surface area contributed by atoms with E-state index in [2.05, 4.69) is 22.1 Å². The van der Waals surface area contributed by atoms with Gasteiger partial charge in [-0.15, -0.1) is 59.7 Å². The van der Waals surface area contributed by atoms with Crippen molar-refractivity contribution >= 4 is 27.3 Å². The first kappa shape index (κ1) is 31.9. The standard InChI is InChI=1S/2C15H9FN.C5H8O2.Ir/c2*16-13-7-5-12(6-8-13)15-14-4-2-1-3-11(14)9-10-17-15;1-4(6)3-5(2)7;/h2*1-5,7-10H;3,6H,1-2H3;/q2*-1;;/b;;4-3-;. The Bertz CT molecular complexity index is 1670. The van der Waals surface area contributed by atoms with Gasteiger partial charge >= 0.3 is 0 Å². The van der Waals surface area contributed by atoms with Crippen LogP contribution in [0.1, 0.15) is 13.8 Å². The molecule has 7 heteroatoms. The minimum atomic E-state index is -0.283. The molecule has 0 saturated carbocycles. The first-order valence-electron chi connectivity index (χ1n) is 12.7. The van der Waals surface area contributed by atoms with Gasteiger partial charge in [0.05, 0.1) is 5.76 Å². The summed E-state index contributed by atoms with van der Waals surface area (Å²) in [4.78, 5) is 18.7. The Kier molecular flexibility index (Phi) is 11.7. The Balaban J connectivity index is 0.000000186. The topological polar surface area (TPSA) is 63.1 Å². The van der Waals surface area contributed by atoms with Crippen LogP contribution in [0.3, 0.4) is 0 Å². The predicted octanol–water partition coefficient (Wildman–Crippen LogP) is 8.72. The van der Waals surface area contributed by atoms with Crippen LogP contribution in [0.5, 0.6) is 0 Å². The van der Waals surface area contributed by atoms with Crippen molar-refractivity contribution in [2.75, 3.05) is 0 Å². The fraction of sp³-hybridized carbons (Fsp3) is 0.0571. The number of hydrogen-bond acceptors (Lipinski definition) is 4. The van der Waals surface area contributed by atoms with Gasteiger partial charge in [0.1, 0.15) is 0 Å². The van der Waals surface area contributed by atoms with E-state index in [4.69, 9.17) is 5.11 Å². The van der Waals surface area contributed by atoms with Gasteiger partial charge in [0.25, 0.3) is 0 Å². The monoisotopic (exact) mass is 737 g/mol. The third-order valence-electron chi connectivity index (χ3n) is 5.82. The molecule has 4 aromatic carbocycles. The molecular weight excluding hydrogens is 711 g/mol. The Morgan fingerprint density at radius 2 is 1.12 bits per heavy atom. The number of aliphatic hydroxyl groups is 1. The molecule has 2 aromatic heterocycles. The van der Waals surface area contributed by atoms with E-state index in [1.165, 1.54) is 44.2 Å². The molecule has 0 saturated heterocycles. The molecule has 0 bridgehead atoms. The van der Waals surface area contributed by atoms with Gasteiger partial charge in [-0.1, -0.05) is 48.5 Å². The van der Waals surface area contributed by atoms with Gasteiger partial charge in [-0.3, -0.25) is 13.6 Å². The van der Waals surface area contributed by atoms with Crippen LogP contribution in [-0.4, -0.2) is 20.9 Å². The average molecular weight is 737 g/mol. The summed E-state index contributed by atoms with van der Waals surface area (Å²) < 4.78 is 25.7. The van der Waals surface area contributed by atoms with Gasteiger partial charge in [0, 0.05) is 50.2 Å². The Labute approximate surface area is 256 Å². The molecule has 0 aliphatic carbocycles. The summed E-state index contributed by atoms with van der Waals surface area (Å²) in [6.45, 7) is 2.85. The molecular formula is C35H26F2IrN2O2-2. The quantitative estimate of drug-likeness (QED) is 0.112. The molecule has 0 spiro atoms. The first-order valence-corrected chi connectivity index (χ1v) is 12.7. The van der Waals surface area contributed by atoms with Gasteiger partial charge in [-0.25, -0.2) is 0 Å². The molecule has 213 valence electrons. The maximum absolute atomic E-state index is 12.9. The number of carbonyl (C=O) groups is 1. The predicted molar refractivity (Wildman–Crippen MR) is 159 cm³/mol. The number of hydrogen-bond donors (Lipinski definition) is 1. The summed E-state index contributed by atoms with van der Waals surface area (Å²) in [7, 11) is 0. The van der Waals surface area contributed by atoms with Crippen LogP contribution >= 0.6 is 0 Å². The molecule has 6 aromatic rings. The van der Waals surface area contributed by atoms with E-state index in [-0.39, 0.29) is 43.3 Å². The van der Waals surface area contributed by atoms with Crippen molar-refractivity contribution in [2.45, 2.75) is 13.8 Å². The summed E-state index contributed by atoms with van der Waals surface area (Å²) in [6, 6.07) is 34.6. The van der Waals surface area contributed by atoms with E-state index in [0.29, 0.717) is 0 Å². The van der Waals surface area contributed by atoms with Gasteiger partial charge in [-0.05, 0) is 58.9 Å². The number of aliphatic hydroxyl groups excluding tert-OH is 1. The Morgan fingerprint density at radius 1 is 0.690 bits per heavy atom. The van der Waals surface area contributed by atoms with E-state index in [1.54, 1.807) is 24.5 Å². The van der Waals surface area contributed by atoms with Crippen LogP contribution in [0.4, 0.5) is 8.78 Å². The number of nitrogens with zero attached hydrogens (tertiary/aromatic N) is 2. The molecule has 0 atom stereocenters. The van der Waals surface area contributed by atoms with Crippen molar-refractivity contribution in [1.82, 2.24) is 9.97 Å². The number of benzene rings is 4. The number of pyridine rings is 2. The third kappa shape index (κ3) is 8.71. The van der Waals surface area contributed by atoms with E-state index < -0.39 is 0 Å². The minimum absolute atomic E-state index is 0. The molecule has 1 radical (unpaired) electrons. The SMILES string of the molecule is CC(=O)/C=C(/C)O.Fc1c[c-]c(-c2nccc3ccccc23)cc1.Fc1c[c-]c(-c2nccc3ccccc23)cc1.[Ir]. The summed E-state index contributed by atoms with van der Waals surface area (Å²) >= 11 is 0. The second kappa shape index (κ2) is 15.4. The molecule has 6 rings (SSSR count). The molecule has 4 nitrogen and oxygen atoms in total. The molecule has 0 aliphatic heterocycles. The van der Waals surface area contributed by atoms with Crippen molar-refractivity contribution < 1.29 is 38.8 Å². The number of halogens is 2. The molecule has 42 heavy (non-hydrogen) atoms. The number of fused-ring (bicyclic) bond motifs is 2. The number of ketones is 1. The summed E-state index contributed by atoms with van der Waals surface area (Å²) in [6.07, 6.45) is 4.68. The smallest absolute Gasteiger partial charge is 0.155 e.